The highest BCUT2D eigenvalue weighted by Crippen LogP contribution is 2.44. The first kappa shape index (κ1) is 56.8. The minimum atomic E-state index is -2.85. The van der Waals surface area contributed by atoms with E-state index in [4.69, 9.17) is 56.8 Å². The van der Waals surface area contributed by atoms with Crippen molar-refractivity contribution < 1.29 is 86.2 Å². The maximum atomic E-state index is 14.5. The Morgan fingerprint density at radius 3 is 1.44 bits per heavy atom. The lowest BCUT2D eigenvalue weighted by Gasteiger charge is -2.56. The predicted octanol–water partition coefficient (Wildman–Crippen LogP) is 6.35. The maximum Gasteiger partial charge on any atom is 0.338 e. The quantitative estimate of drug-likeness (QED) is 0.0604. The Bertz CT molecular complexity index is 2650. The van der Waals surface area contributed by atoms with Crippen molar-refractivity contribution >= 4 is 23.9 Å². The van der Waals surface area contributed by atoms with Gasteiger partial charge in [0.15, 0.2) is 30.7 Å². The van der Waals surface area contributed by atoms with Crippen LogP contribution in [0.25, 0.3) is 0 Å². The second-order valence-corrected chi connectivity index (χ2v) is 19.2. The molecule has 5 aromatic rings. The van der Waals surface area contributed by atoms with E-state index in [1.165, 1.54) is 26.0 Å². The van der Waals surface area contributed by atoms with Gasteiger partial charge in [-0.1, -0.05) is 140 Å². The van der Waals surface area contributed by atoms with Crippen LogP contribution in [0.4, 0.5) is 0 Å². The number of carbonyl (C=O) groups excluding carboxylic acids is 4. The summed E-state index contributed by atoms with van der Waals surface area (Å²) in [5, 5.41) is 26.3. The van der Waals surface area contributed by atoms with Crippen molar-refractivity contribution in [2.75, 3.05) is 6.61 Å². The van der Waals surface area contributed by atoms with Crippen LogP contribution >= 0.6 is 0 Å². The minimum Gasteiger partial charge on any atom is -0.456 e. The fourth-order valence-corrected chi connectivity index (χ4v) is 9.76. The predicted molar refractivity (Wildman–Crippen MR) is 273 cm³/mol. The molecule has 410 valence electrons. The third kappa shape index (κ3) is 14.6. The van der Waals surface area contributed by atoms with E-state index in [0.29, 0.717) is 0 Å². The molecule has 3 aliphatic heterocycles. The Balaban J connectivity index is 1.27. The first-order valence-electron chi connectivity index (χ1n) is 25.6. The van der Waals surface area contributed by atoms with Gasteiger partial charge in [0.2, 0.25) is 5.79 Å². The van der Waals surface area contributed by atoms with Crippen LogP contribution in [0.3, 0.4) is 0 Å². The molecule has 18 nitrogen and oxygen atoms in total. The molecule has 15 atom stereocenters. The summed E-state index contributed by atoms with van der Waals surface area (Å²) in [5.41, 5.74) is 3.30. The average molecular weight is 1060 g/mol. The van der Waals surface area contributed by atoms with E-state index in [0.717, 1.165) is 43.0 Å². The molecule has 0 spiro atoms. The first-order chi connectivity index (χ1) is 37.2. The van der Waals surface area contributed by atoms with Gasteiger partial charge in [0.05, 0.1) is 50.8 Å². The van der Waals surface area contributed by atoms with Crippen molar-refractivity contribution in [2.24, 2.45) is 0 Å². The number of carbonyl (C=O) groups is 4. The van der Waals surface area contributed by atoms with Gasteiger partial charge < -0.3 is 67.1 Å². The molecule has 77 heavy (non-hydrogen) atoms. The van der Waals surface area contributed by atoms with E-state index in [2.05, 4.69) is 0 Å². The molecule has 0 saturated carbocycles. The van der Waals surface area contributed by atoms with Gasteiger partial charge in [0.25, 0.3) is 0 Å². The van der Waals surface area contributed by atoms with Crippen LogP contribution in [-0.4, -0.2) is 132 Å². The van der Waals surface area contributed by atoms with E-state index in [1.807, 2.05) is 121 Å². The van der Waals surface area contributed by atoms with Gasteiger partial charge in [0, 0.05) is 20.8 Å². The smallest absolute Gasteiger partial charge is 0.338 e. The number of hydrogen-bond donors (Lipinski definition) is 2. The van der Waals surface area contributed by atoms with Gasteiger partial charge in [-0.3, -0.25) is 14.4 Å². The lowest BCUT2D eigenvalue weighted by molar-refractivity contribution is -0.421. The molecule has 0 amide bonds. The number of hydrogen-bond acceptors (Lipinski definition) is 18. The number of rotatable bonds is 21. The molecule has 0 bridgehead atoms. The molecule has 3 saturated heterocycles. The lowest BCUT2D eigenvalue weighted by atomic mass is 9.82. The van der Waals surface area contributed by atoms with Crippen molar-refractivity contribution in [3.63, 3.8) is 0 Å². The summed E-state index contributed by atoms with van der Waals surface area (Å²) in [7, 11) is 0. The molecule has 3 aliphatic rings. The van der Waals surface area contributed by atoms with Crippen LogP contribution in [0, 0.1) is 0 Å². The highest BCUT2D eigenvalue weighted by molar-refractivity contribution is 5.89. The van der Waals surface area contributed by atoms with Crippen LogP contribution in [0.1, 0.15) is 67.2 Å². The fraction of sp³-hybridized carbons (Fsp3) is 0.424. The van der Waals surface area contributed by atoms with Gasteiger partial charge in [-0.2, -0.15) is 0 Å². The molecule has 0 unspecified atom stereocenters. The Kier molecular flexibility index (Phi) is 19.7. The second-order valence-electron chi connectivity index (χ2n) is 19.2. The van der Waals surface area contributed by atoms with E-state index in [1.54, 1.807) is 18.2 Å². The highest BCUT2D eigenvalue weighted by Gasteiger charge is 2.67. The Hall–Kier alpha value is -6.42. The second kappa shape index (κ2) is 26.8. The van der Waals surface area contributed by atoms with Crippen LogP contribution < -0.4 is 0 Å². The molecule has 0 radical (unpaired) electrons. The Labute approximate surface area is 447 Å². The molecule has 5 aromatic carbocycles. The highest BCUT2D eigenvalue weighted by atomic mass is 16.8. The number of esters is 4. The van der Waals surface area contributed by atoms with Crippen molar-refractivity contribution in [1.29, 1.82) is 0 Å². The zero-order valence-electron chi connectivity index (χ0n) is 43.5. The molecule has 0 aliphatic carbocycles. The Morgan fingerprint density at radius 1 is 0.494 bits per heavy atom. The van der Waals surface area contributed by atoms with E-state index in [-0.39, 0.29) is 38.6 Å². The van der Waals surface area contributed by atoms with Crippen molar-refractivity contribution in [3.05, 3.63) is 179 Å². The number of benzene rings is 5. The maximum absolute atomic E-state index is 14.5. The monoisotopic (exact) mass is 1060 g/mol. The average Bonchev–Trinajstić information content (AvgIpc) is 3.43. The normalized spacial score (nSPS) is 30.1. The summed E-state index contributed by atoms with van der Waals surface area (Å²) < 4.78 is 77.1. The van der Waals surface area contributed by atoms with Gasteiger partial charge in [-0.05, 0) is 48.2 Å². The zero-order valence-corrected chi connectivity index (χ0v) is 43.5. The largest absolute Gasteiger partial charge is 0.456 e. The van der Waals surface area contributed by atoms with E-state index in [9.17, 15) is 29.4 Å². The summed E-state index contributed by atoms with van der Waals surface area (Å²) in [5.74, 6) is -6.27. The number of ether oxygens (including phenoxy) is 12. The summed E-state index contributed by atoms with van der Waals surface area (Å²) in [4.78, 5) is 52.5. The summed E-state index contributed by atoms with van der Waals surface area (Å²) in [6, 6.07) is 45.7. The van der Waals surface area contributed by atoms with Gasteiger partial charge in [0.1, 0.15) is 42.7 Å². The van der Waals surface area contributed by atoms with E-state index < -0.39 is 115 Å². The topological polar surface area (TPSA) is 219 Å². The summed E-state index contributed by atoms with van der Waals surface area (Å²) in [6.07, 6.45) is -20.6. The van der Waals surface area contributed by atoms with Crippen LogP contribution in [0.2, 0.25) is 0 Å². The third-order valence-corrected chi connectivity index (χ3v) is 13.4. The van der Waals surface area contributed by atoms with Crippen LogP contribution in [0.15, 0.2) is 152 Å². The molecular weight excluding hydrogens is 997 g/mol. The molecular formula is C59H66O18. The minimum absolute atomic E-state index is 0.0331. The number of aliphatic hydroxyl groups is 2. The van der Waals surface area contributed by atoms with Crippen molar-refractivity contribution in [2.45, 2.75) is 152 Å². The summed E-state index contributed by atoms with van der Waals surface area (Å²) in [6.45, 7) is 6.42. The van der Waals surface area contributed by atoms with Crippen molar-refractivity contribution in [3.8, 4) is 0 Å². The molecule has 2 N–H and O–H groups in total. The number of aliphatic hydroxyl groups excluding tert-OH is 1. The van der Waals surface area contributed by atoms with Gasteiger partial charge in [-0.15, -0.1) is 0 Å². The lowest BCUT2D eigenvalue weighted by Crippen LogP contribution is -2.76. The first-order valence-corrected chi connectivity index (χ1v) is 25.6. The molecule has 18 heteroatoms. The van der Waals surface area contributed by atoms with E-state index >= 15 is 0 Å². The molecule has 3 heterocycles. The zero-order chi connectivity index (χ0) is 54.5. The SMILES string of the molecule is CC(=O)O[C@@H]1[C@@H](OC(C)=O)[C@H](C)O[C@@H](O[C@@H]2[C@@H](O)[C@H](C)O[C@](O)([C@H]3O[C@H](COCc4ccccc4)[C@@H](OCc4ccccc4)[C@H](OCc4ccccc4)[C@H]3OCc3ccccc3)[C@@H]2OC(=O)c2ccccc2)[C@@H]1OC(C)=O. The summed E-state index contributed by atoms with van der Waals surface area (Å²) >= 11 is 0. The fourth-order valence-electron chi connectivity index (χ4n) is 9.76. The molecule has 3 fully saturated rings. The van der Waals surface area contributed by atoms with Crippen molar-refractivity contribution in [1.82, 2.24) is 0 Å². The molecule has 8 rings (SSSR count). The standard InChI is InChI=1S/C59H66O18/c1-36-47(63)50(75-58-54(73-40(5)62)52(72-39(4)61)48(37(2)70-58)71-38(3)60)55(76-57(64)45-29-19-10-20-30-45)59(65,77-36)56-53(69-34-44-27-17-9-18-28-44)51(68-33-43-25-15-8-16-26-43)49(67-32-42-23-13-7-14-24-42)46(74-56)35-66-31-41-21-11-6-12-22-41/h6-30,36-37,46-56,58,63,65H,31-35H2,1-5H3/t36-,37-,46+,47-,48-,49+,50+,51-,52+,53+,54+,55+,56-,58-,59-/m0/s1. The van der Waals surface area contributed by atoms with Crippen LogP contribution in [0.5, 0.6) is 0 Å². The van der Waals surface area contributed by atoms with Gasteiger partial charge in [-0.25, -0.2) is 4.79 Å². The van der Waals surface area contributed by atoms with Crippen LogP contribution in [-0.2, 0) is 97.7 Å². The van der Waals surface area contributed by atoms with Gasteiger partial charge >= 0.3 is 23.9 Å². The molecule has 0 aromatic heterocycles. The third-order valence-electron chi connectivity index (χ3n) is 13.4. The Morgan fingerprint density at radius 2 is 0.935 bits per heavy atom.